The van der Waals surface area contributed by atoms with Gasteiger partial charge in [0.1, 0.15) is 0 Å². The van der Waals surface area contributed by atoms with Crippen molar-refractivity contribution in [2.75, 3.05) is 0 Å². The maximum absolute atomic E-state index is 10.6. The first kappa shape index (κ1) is 9.93. The van der Waals surface area contributed by atoms with Crippen LogP contribution < -0.4 is 0 Å². The number of benzene rings is 1. The maximum Gasteiger partial charge on any atom is 0.275 e. The quantitative estimate of drug-likeness (QED) is 0.407. The number of hydrogen-bond acceptors (Lipinski definition) is 2. The fourth-order valence-electron chi connectivity index (χ4n) is 1.15. The summed E-state index contributed by atoms with van der Waals surface area (Å²) in [5.41, 5.74) is 1.32. The molecule has 1 aromatic carbocycles. The Hall–Kier alpha value is -2.15. The van der Waals surface area contributed by atoms with E-state index in [-0.39, 0.29) is 5.69 Å². The summed E-state index contributed by atoms with van der Waals surface area (Å²) in [4.78, 5) is 13.2. The number of nitro benzene ring substituents is 1. The van der Waals surface area contributed by atoms with Gasteiger partial charge in [-0.2, -0.15) is 0 Å². The van der Waals surface area contributed by atoms with Gasteiger partial charge in [-0.15, -0.1) is 0 Å². The minimum atomic E-state index is -0.448. The molecule has 0 aliphatic carbocycles. The van der Waals surface area contributed by atoms with Gasteiger partial charge in [-0.05, 0) is 18.6 Å². The summed E-state index contributed by atoms with van der Waals surface area (Å²) in [6, 6.07) is 4.83. The molecule has 0 atom stereocenters. The minimum absolute atomic E-state index is 0.0323. The van der Waals surface area contributed by atoms with Crippen LogP contribution >= 0.6 is 0 Å². The molecule has 4 heteroatoms. The number of nitro groups is 1. The molecule has 0 unspecified atom stereocenters. The summed E-state index contributed by atoms with van der Waals surface area (Å²) in [6.45, 7) is 8.34. The smallest absolute Gasteiger partial charge is 0.258 e. The standard InChI is InChI=1S/C10H8N2O2/c1-8-4-3-5-10(12(13)14)9(8)6-7-11-2/h3-7H,1H3. The zero-order valence-corrected chi connectivity index (χ0v) is 7.60. The summed E-state index contributed by atoms with van der Waals surface area (Å²) in [5, 5.41) is 10.6. The van der Waals surface area contributed by atoms with E-state index in [9.17, 15) is 10.1 Å². The predicted molar refractivity (Wildman–Crippen MR) is 53.5 cm³/mol. The van der Waals surface area contributed by atoms with Crippen LogP contribution in [0, 0.1) is 23.6 Å². The van der Waals surface area contributed by atoms with Crippen molar-refractivity contribution in [1.29, 1.82) is 0 Å². The van der Waals surface area contributed by atoms with E-state index in [1.807, 2.05) is 0 Å². The fourth-order valence-corrected chi connectivity index (χ4v) is 1.15. The summed E-state index contributed by atoms with van der Waals surface area (Å²) < 4.78 is 0. The van der Waals surface area contributed by atoms with Crippen LogP contribution in [0.3, 0.4) is 0 Å². The van der Waals surface area contributed by atoms with Crippen LogP contribution in [0.25, 0.3) is 10.9 Å². The monoisotopic (exact) mass is 188 g/mol. The van der Waals surface area contributed by atoms with Gasteiger partial charge < -0.3 is 0 Å². The molecule has 0 aliphatic rings. The lowest BCUT2D eigenvalue weighted by Gasteiger charge is -2.00. The van der Waals surface area contributed by atoms with Gasteiger partial charge in [0.05, 0.1) is 11.5 Å². The molecule has 0 fully saturated rings. The second-order valence-electron chi connectivity index (χ2n) is 2.71. The van der Waals surface area contributed by atoms with Gasteiger partial charge in [-0.25, -0.2) is 4.85 Å². The molecule has 0 radical (unpaired) electrons. The molecule has 0 saturated heterocycles. The molecule has 0 bridgehead atoms. The molecule has 0 saturated carbocycles. The van der Waals surface area contributed by atoms with Crippen LogP contribution in [-0.4, -0.2) is 4.92 Å². The maximum atomic E-state index is 10.6. The van der Waals surface area contributed by atoms with Crippen LogP contribution in [0.1, 0.15) is 11.1 Å². The molecule has 0 aromatic heterocycles. The molecular weight excluding hydrogens is 180 g/mol. The Morgan fingerprint density at radius 3 is 2.86 bits per heavy atom. The first-order chi connectivity index (χ1) is 6.66. The van der Waals surface area contributed by atoms with Crippen molar-refractivity contribution in [3.8, 4) is 0 Å². The van der Waals surface area contributed by atoms with Gasteiger partial charge in [-0.1, -0.05) is 12.1 Å². The van der Waals surface area contributed by atoms with Gasteiger partial charge in [0, 0.05) is 11.6 Å². The van der Waals surface area contributed by atoms with Crippen LogP contribution in [-0.2, 0) is 0 Å². The highest BCUT2D eigenvalue weighted by atomic mass is 16.6. The highest BCUT2D eigenvalue weighted by Gasteiger charge is 2.11. The molecular formula is C10H8N2O2. The van der Waals surface area contributed by atoms with Crippen molar-refractivity contribution in [2.24, 2.45) is 0 Å². The van der Waals surface area contributed by atoms with E-state index in [2.05, 4.69) is 4.85 Å². The Labute approximate surface area is 81.5 Å². The summed E-state index contributed by atoms with van der Waals surface area (Å²) >= 11 is 0. The second-order valence-corrected chi connectivity index (χ2v) is 2.71. The Bertz CT molecular complexity index is 430. The van der Waals surface area contributed by atoms with Crippen LogP contribution in [0.4, 0.5) is 5.69 Å². The minimum Gasteiger partial charge on any atom is -0.258 e. The lowest BCUT2D eigenvalue weighted by atomic mass is 10.1. The Morgan fingerprint density at radius 1 is 1.57 bits per heavy atom. The lowest BCUT2D eigenvalue weighted by molar-refractivity contribution is -0.385. The van der Waals surface area contributed by atoms with E-state index in [4.69, 9.17) is 6.57 Å². The van der Waals surface area contributed by atoms with Crippen molar-refractivity contribution in [3.05, 3.63) is 57.1 Å². The van der Waals surface area contributed by atoms with Crippen molar-refractivity contribution in [1.82, 2.24) is 0 Å². The van der Waals surface area contributed by atoms with Crippen LogP contribution in [0.5, 0.6) is 0 Å². The molecule has 1 rings (SSSR count). The number of aryl methyl sites for hydroxylation is 1. The van der Waals surface area contributed by atoms with E-state index in [1.165, 1.54) is 18.3 Å². The van der Waals surface area contributed by atoms with Gasteiger partial charge in [0.25, 0.3) is 5.69 Å². The summed E-state index contributed by atoms with van der Waals surface area (Å²) in [6.07, 6.45) is 2.68. The van der Waals surface area contributed by atoms with Crippen molar-refractivity contribution in [3.63, 3.8) is 0 Å². The second kappa shape index (κ2) is 4.19. The summed E-state index contributed by atoms with van der Waals surface area (Å²) in [5.74, 6) is 0. The molecule has 0 aliphatic heterocycles. The van der Waals surface area contributed by atoms with Crippen molar-refractivity contribution in [2.45, 2.75) is 6.92 Å². The third-order valence-electron chi connectivity index (χ3n) is 1.81. The molecule has 0 amide bonds. The lowest BCUT2D eigenvalue weighted by Crippen LogP contribution is -1.93. The number of hydrogen-bond donors (Lipinski definition) is 0. The highest BCUT2D eigenvalue weighted by Crippen LogP contribution is 2.22. The van der Waals surface area contributed by atoms with E-state index >= 15 is 0 Å². The van der Waals surface area contributed by atoms with E-state index in [1.54, 1.807) is 19.1 Å². The number of nitrogens with zero attached hydrogens (tertiary/aromatic N) is 2. The van der Waals surface area contributed by atoms with E-state index in [0.29, 0.717) is 5.56 Å². The highest BCUT2D eigenvalue weighted by molar-refractivity contribution is 5.64. The average Bonchev–Trinajstić information content (AvgIpc) is 2.15. The molecule has 0 spiro atoms. The van der Waals surface area contributed by atoms with Crippen LogP contribution in [0.15, 0.2) is 24.4 Å². The molecule has 4 nitrogen and oxygen atoms in total. The zero-order chi connectivity index (χ0) is 10.6. The van der Waals surface area contributed by atoms with E-state index in [0.717, 1.165) is 5.56 Å². The molecule has 0 heterocycles. The Morgan fingerprint density at radius 2 is 2.29 bits per heavy atom. The average molecular weight is 188 g/mol. The van der Waals surface area contributed by atoms with Crippen LogP contribution in [0.2, 0.25) is 0 Å². The van der Waals surface area contributed by atoms with Gasteiger partial charge in [-0.3, -0.25) is 10.1 Å². The summed E-state index contributed by atoms with van der Waals surface area (Å²) in [7, 11) is 0. The molecule has 14 heavy (non-hydrogen) atoms. The Balaban J connectivity index is 3.31. The predicted octanol–water partition coefficient (Wildman–Crippen LogP) is 2.79. The number of rotatable bonds is 2. The largest absolute Gasteiger partial charge is 0.275 e. The molecule has 1 aromatic rings. The normalized spacial score (nSPS) is 10.0. The first-order valence-electron chi connectivity index (χ1n) is 3.94. The fraction of sp³-hybridized carbons (Fsp3) is 0.100. The van der Waals surface area contributed by atoms with Gasteiger partial charge >= 0.3 is 0 Å². The van der Waals surface area contributed by atoms with Crippen molar-refractivity contribution >= 4 is 11.8 Å². The Kier molecular flexibility index (Phi) is 2.97. The third-order valence-corrected chi connectivity index (χ3v) is 1.81. The van der Waals surface area contributed by atoms with Gasteiger partial charge in [0.2, 0.25) is 0 Å². The topological polar surface area (TPSA) is 47.5 Å². The first-order valence-corrected chi connectivity index (χ1v) is 3.94. The van der Waals surface area contributed by atoms with Gasteiger partial charge in [0.15, 0.2) is 6.20 Å². The molecule has 0 N–H and O–H groups in total. The van der Waals surface area contributed by atoms with Crippen molar-refractivity contribution < 1.29 is 4.92 Å². The molecule has 70 valence electrons. The third kappa shape index (κ3) is 1.96. The van der Waals surface area contributed by atoms with E-state index < -0.39 is 4.92 Å². The zero-order valence-electron chi connectivity index (χ0n) is 7.60. The SMILES string of the molecule is [C-]#[N+]C=Cc1c(C)cccc1[N+](=O)[O-].